The monoisotopic (exact) mass is 430 g/mol. The zero-order chi connectivity index (χ0) is 22.4. The van der Waals surface area contributed by atoms with E-state index in [0.29, 0.717) is 29.9 Å². The van der Waals surface area contributed by atoms with Crippen LogP contribution >= 0.6 is 0 Å². The highest BCUT2D eigenvalue weighted by molar-refractivity contribution is 6.01. The van der Waals surface area contributed by atoms with Crippen LogP contribution in [0.3, 0.4) is 0 Å². The molecule has 0 amide bonds. The van der Waals surface area contributed by atoms with Crippen LogP contribution in [0.5, 0.6) is 5.75 Å². The molecule has 0 saturated heterocycles. The van der Waals surface area contributed by atoms with E-state index in [4.69, 9.17) is 9.26 Å². The molecule has 1 aliphatic carbocycles. The normalized spacial score (nSPS) is 19.8. The molecule has 0 fully saturated rings. The number of ether oxygens (including phenoxy) is 1. The summed E-state index contributed by atoms with van der Waals surface area (Å²) in [5, 5.41) is 17.0. The van der Waals surface area contributed by atoms with E-state index < -0.39 is 5.97 Å². The minimum absolute atomic E-state index is 0.00210. The van der Waals surface area contributed by atoms with Crippen LogP contribution in [0, 0.1) is 6.92 Å². The Morgan fingerprint density at radius 2 is 1.78 bits per heavy atom. The second-order valence-electron chi connectivity index (χ2n) is 8.19. The Balaban J connectivity index is 1.57. The molecule has 0 spiro atoms. The van der Waals surface area contributed by atoms with Crippen molar-refractivity contribution in [2.75, 3.05) is 12.4 Å². The first-order valence-corrected chi connectivity index (χ1v) is 10.4. The SMILES string of the molecule is COC(=O)c1ccc(C2C3=C(CC(c4ccc(O)cc4)CC3=O)Nc3onc(C)c32)cc1. The molecule has 2 atom stereocenters. The number of fused-ring (bicyclic) bond motifs is 1. The number of aryl methyl sites for hydroxylation is 1. The van der Waals surface area contributed by atoms with Crippen molar-refractivity contribution in [1.82, 2.24) is 5.16 Å². The maximum Gasteiger partial charge on any atom is 0.337 e. The van der Waals surface area contributed by atoms with Gasteiger partial charge in [0.05, 0.1) is 23.9 Å². The maximum atomic E-state index is 13.5. The van der Waals surface area contributed by atoms with Crippen LogP contribution in [0.4, 0.5) is 5.88 Å². The fraction of sp³-hybridized carbons (Fsp3) is 0.240. The number of aromatic hydroxyl groups is 1. The number of Topliss-reactive ketones (excluding diaryl/α,β-unsaturated/α-hetero) is 1. The number of carbonyl (C=O) groups excluding carboxylic acids is 2. The second-order valence-corrected chi connectivity index (χ2v) is 8.19. The van der Waals surface area contributed by atoms with Crippen molar-refractivity contribution < 1.29 is 24.0 Å². The van der Waals surface area contributed by atoms with Crippen LogP contribution in [0.25, 0.3) is 0 Å². The average molecular weight is 430 g/mol. The smallest absolute Gasteiger partial charge is 0.337 e. The maximum absolute atomic E-state index is 13.5. The van der Waals surface area contributed by atoms with Gasteiger partial charge in [0.25, 0.3) is 0 Å². The van der Waals surface area contributed by atoms with Gasteiger partial charge in [0, 0.05) is 23.6 Å². The van der Waals surface area contributed by atoms with Crippen molar-refractivity contribution >= 4 is 17.6 Å². The first-order chi connectivity index (χ1) is 15.5. The molecule has 0 saturated carbocycles. The summed E-state index contributed by atoms with van der Waals surface area (Å²) in [5.74, 6) is 0.0697. The number of esters is 1. The number of carbonyl (C=O) groups is 2. The highest BCUT2D eigenvalue weighted by atomic mass is 16.5. The number of nitrogens with zero attached hydrogens (tertiary/aromatic N) is 1. The number of rotatable bonds is 3. The zero-order valence-electron chi connectivity index (χ0n) is 17.7. The van der Waals surface area contributed by atoms with Crippen molar-refractivity contribution in [3.8, 4) is 5.75 Å². The summed E-state index contributed by atoms with van der Waals surface area (Å²) in [5.41, 5.74) is 5.43. The van der Waals surface area contributed by atoms with E-state index in [1.807, 2.05) is 31.2 Å². The van der Waals surface area contributed by atoms with E-state index in [0.717, 1.165) is 28.1 Å². The van der Waals surface area contributed by atoms with Crippen molar-refractivity contribution in [2.45, 2.75) is 31.6 Å². The van der Waals surface area contributed by atoms with E-state index in [-0.39, 0.29) is 23.4 Å². The van der Waals surface area contributed by atoms with Crippen molar-refractivity contribution in [2.24, 2.45) is 0 Å². The molecule has 1 aromatic heterocycles. The van der Waals surface area contributed by atoms with Gasteiger partial charge in [0.1, 0.15) is 5.75 Å². The Morgan fingerprint density at radius 3 is 2.47 bits per heavy atom. The number of nitrogens with one attached hydrogen (secondary N) is 1. The summed E-state index contributed by atoms with van der Waals surface area (Å²) in [6.45, 7) is 1.86. The number of ketones is 1. The lowest BCUT2D eigenvalue weighted by Crippen LogP contribution is -2.29. The topological polar surface area (TPSA) is 102 Å². The van der Waals surface area contributed by atoms with E-state index in [1.165, 1.54) is 7.11 Å². The fourth-order valence-corrected chi connectivity index (χ4v) is 4.72. The van der Waals surface area contributed by atoms with Crippen LogP contribution in [-0.4, -0.2) is 29.1 Å². The fourth-order valence-electron chi connectivity index (χ4n) is 4.72. The molecule has 2 N–H and O–H groups in total. The van der Waals surface area contributed by atoms with Crippen molar-refractivity contribution in [3.63, 3.8) is 0 Å². The third kappa shape index (κ3) is 3.26. The molecule has 0 radical (unpaired) electrons. The highest BCUT2D eigenvalue weighted by Gasteiger charge is 2.41. The van der Waals surface area contributed by atoms with Crippen molar-refractivity contribution in [1.29, 1.82) is 0 Å². The van der Waals surface area contributed by atoms with Crippen LogP contribution < -0.4 is 5.32 Å². The lowest BCUT2D eigenvalue weighted by molar-refractivity contribution is -0.116. The molecule has 1 aliphatic heterocycles. The quantitative estimate of drug-likeness (QED) is 0.593. The third-order valence-electron chi connectivity index (χ3n) is 6.29. The number of phenolic OH excluding ortho intramolecular Hbond substituents is 1. The number of hydrogen-bond acceptors (Lipinski definition) is 7. The van der Waals surface area contributed by atoms with Gasteiger partial charge in [0.15, 0.2) is 5.78 Å². The first-order valence-electron chi connectivity index (χ1n) is 10.4. The Kier molecular flexibility index (Phi) is 4.81. The summed E-state index contributed by atoms with van der Waals surface area (Å²) in [6.07, 6.45) is 1.02. The Morgan fingerprint density at radius 1 is 1.09 bits per heavy atom. The number of phenols is 1. The number of methoxy groups -OCH3 is 1. The van der Waals surface area contributed by atoms with Gasteiger partial charge in [-0.2, -0.15) is 0 Å². The zero-order valence-corrected chi connectivity index (χ0v) is 17.7. The van der Waals surface area contributed by atoms with Gasteiger partial charge in [0.2, 0.25) is 5.88 Å². The molecule has 5 rings (SSSR count). The number of allylic oxidation sites excluding steroid dienone is 2. The standard InChI is InChI=1S/C25H22N2O5/c1-13-21-22(15-3-5-16(6-4-15)25(30)31-2)23-19(26-24(21)32-27-13)11-17(12-20(23)29)14-7-9-18(28)10-8-14/h3-10,17,22,26,28H,11-12H2,1-2H3. The van der Waals surface area contributed by atoms with Crippen LogP contribution in [0.1, 0.15) is 57.4 Å². The summed E-state index contributed by atoms with van der Waals surface area (Å²) in [6, 6.07) is 14.1. The second kappa shape index (κ2) is 7.67. The molecular formula is C25H22N2O5. The molecule has 7 heteroatoms. The lowest BCUT2D eigenvalue weighted by Gasteiger charge is -2.34. The average Bonchev–Trinajstić information content (AvgIpc) is 3.18. The summed E-state index contributed by atoms with van der Waals surface area (Å²) in [4.78, 5) is 25.3. The minimum atomic E-state index is -0.408. The molecule has 32 heavy (non-hydrogen) atoms. The van der Waals surface area contributed by atoms with Gasteiger partial charge in [-0.25, -0.2) is 4.79 Å². The number of anilines is 1. The van der Waals surface area contributed by atoms with Gasteiger partial charge < -0.3 is 19.7 Å². The summed E-state index contributed by atoms with van der Waals surface area (Å²) < 4.78 is 10.3. The van der Waals surface area contributed by atoms with E-state index >= 15 is 0 Å². The van der Waals surface area contributed by atoms with E-state index in [2.05, 4.69) is 10.5 Å². The number of aromatic nitrogens is 1. The molecule has 7 nitrogen and oxygen atoms in total. The molecule has 2 aliphatic rings. The predicted molar refractivity (Wildman–Crippen MR) is 117 cm³/mol. The summed E-state index contributed by atoms with van der Waals surface area (Å²) >= 11 is 0. The van der Waals surface area contributed by atoms with E-state index in [1.54, 1.807) is 24.3 Å². The van der Waals surface area contributed by atoms with Gasteiger partial charge in [-0.05, 0) is 54.7 Å². The Bertz CT molecular complexity index is 1240. The van der Waals surface area contributed by atoms with Gasteiger partial charge in [-0.1, -0.05) is 29.4 Å². The lowest BCUT2D eigenvalue weighted by atomic mass is 9.72. The minimum Gasteiger partial charge on any atom is -0.508 e. The number of benzene rings is 2. The summed E-state index contributed by atoms with van der Waals surface area (Å²) in [7, 11) is 1.35. The van der Waals surface area contributed by atoms with E-state index in [9.17, 15) is 14.7 Å². The molecule has 0 bridgehead atoms. The highest BCUT2D eigenvalue weighted by Crippen LogP contribution is 2.49. The van der Waals surface area contributed by atoms with Crippen LogP contribution in [0.2, 0.25) is 0 Å². The molecule has 3 aromatic rings. The molecule has 2 unspecified atom stereocenters. The predicted octanol–water partition coefficient (Wildman–Crippen LogP) is 4.43. The first kappa shape index (κ1) is 20.1. The molecule has 162 valence electrons. The Labute approximate surface area is 184 Å². The van der Waals surface area contributed by atoms with Gasteiger partial charge in [-0.15, -0.1) is 0 Å². The third-order valence-corrected chi connectivity index (χ3v) is 6.29. The molecule has 2 heterocycles. The molecule has 2 aromatic carbocycles. The van der Waals surface area contributed by atoms with Crippen LogP contribution in [0.15, 0.2) is 64.3 Å². The largest absolute Gasteiger partial charge is 0.508 e. The number of hydrogen-bond donors (Lipinski definition) is 2. The van der Waals surface area contributed by atoms with Crippen LogP contribution in [-0.2, 0) is 9.53 Å². The van der Waals surface area contributed by atoms with Gasteiger partial charge >= 0.3 is 5.97 Å². The molecular weight excluding hydrogens is 408 g/mol. The van der Waals surface area contributed by atoms with Crippen molar-refractivity contribution in [3.05, 3.63) is 87.7 Å². The van der Waals surface area contributed by atoms with Gasteiger partial charge in [-0.3, -0.25) is 4.79 Å². The Hall–Kier alpha value is -3.87.